The molecule has 0 heterocycles. The number of benzene rings is 2. The number of ether oxygens (including phenoxy) is 2. The van der Waals surface area contributed by atoms with Gasteiger partial charge < -0.3 is 9.47 Å². The van der Waals surface area contributed by atoms with E-state index in [9.17, 15) is 20.2 Å². The number of rotatable bonds is 8. The van der Waals surface area contributed by atoms with Gasteiger partial charge in [0.2, 0.25) is 5.75 Å². The van der Waals surface area contributed by atoms with Gasteiger partial charge in [-0.2, -0.15) is 5.10 Å². The minimum absolute atomic E-state index is 0.0355. The lowest BCUT2D eigenvalue weighted by Gasteiger charge is -2.10. The Balaban J connectivity index is 2.23. The van der Waals surface area contributed by atoms with Gasteiger partial charge in [0.05, 0.1) is 35.5 Å². The summed E-state index contributed by atoms with van der Waals surface area (Å²) in [5.74, 6) is 0.276. The van der Waals surface area contributed by atoms with E-state index >= 15 is 0 Å². The Hall–Kier alpha value is -3.69. The van der Waals surface area contributed by atoms with Crippen molar-refractivity contribution in [2.24, 2.45) is 5.10 Å². The normalized spacial score (nSPS) is 10.5. The van der Waals surface area contributed by atoms with Crippen LogP contribution in [0.2, 0.25) is 0 Å². The number of nitro benzene ring substituents is 2. The molecule has 10 nitrogen and oxygen atoms in total. The number of anilines is 1. The third-order valence-corrected chi connectivity index (χ3v) is 3.24. The molecular formula is C16H16N4O6. The molecule has 2 rings (SSSR count). The third-order valence-electron chi connectivity index (χ3n) is 3.24. The monoisotopic (exact) mass is 360 g/mol. The van der Waals surface area contributed by atoms with Crippen LogP contribution in [0.1, 0.15) is 12.5 Å². The highest BCUT2D eigenvalue weighted by atomic mass is 16.6. The number of methoxy groups -OCH3 is 1. The molecule has 0 aliphatic heterocycles. The summed E-state index contributed by atoms with van der Waals surface area (Å²) in [6.07, 6.45) is 1.37. The highest BCUT2D eigenvalue weighted by molar-refractivity contribution is 5.83. The number of nitrogens with zero attached hydrogens (tertiary/aromatic N) is 3. The molecule has 10 heteroatoms. The van der Waals surface area contributed by atoms with Crippen LogP contribution in [-0.2, 0) is 0 Å². The number of hydrogen-bond acceptors (Lipinski definition) is 8. The first-order valence-corrected chi connectivity index (χ1v) is 7.49. The summed E-state index contributed by atoms with van der Waals surface area (Å²) >= 11 is 0. The van der Waals surface area contributed by atoms with Crippen LogP contribution >= 0.6 is 0 Å². The minimum Gasteiger partial charge on any atom is -0.490 e. The number of non-ortho nitro benzene ring substituents is 1. The summed E-state index contributed by atoms with van der Waals surface area (Å²) in [5, 5.41) is 25.8. The second-order valence-corrected chi connectivity index (χ2v) is 4.94. The van der Waals surface area contributed by atoms with Crippen molar-refractivity contribution in [2.45, 2.75) is 6.92 Å². The SMILES string of the molecule is CCOc1cc(/C=N/Nc2ccc([N+](=O)[O-])cc2)cc([N+](=O)[O-])c1OC. The van der Waals surface area contributed by atoms with Gasteiger partial charge in [0.15, 0.2) is 5.75 Å². The van der Waals surface area contributed by atoms with Crippen LogP contribution in [0.3, 0.4) is 0 Å². The fraction of sp³-hybridized carbons (Fsp3) is 0.188. The van der Waals surface area contributed by atoms with Gasteiger partial charge in [0, 0.05) is 23.8 Å². The molecule has 0 atom stereocenters. The predicted molar refractivity (Wildman–Crippen MR) is 95.1 cm³/mol. The van der Waals surface area contributed by atoms with E-state index < -0.39 is 9.85 Å². The molecule has 0 fully saturated rings. The van der Waals surface area contributed by atoms with Gasteiger partial charge in [0.25, 0.3) is 5.69 Å². The zero-order valence-corrected chi connectivity index (χ0v) is 14.0. The lowest BCUT2D eigenvalue weighted by molar-refractivity contribution is -0.385. The predicted octanol–water partition coefficient (Wildman–Crippen LogP) is 3.36. The molecule has 0 saturated carbocycles. The highest BCUT2D eigenvalue weighted by Gasteiger charge is 2.21. The maximum atomic E-state index is 11.2. The molecule has 0 aromatic heterocycles. The first-order valence-electron chi connectivity index (χ1n) is 7.49. The summed E-state index contributed by atoms with van der Waals surface area (Å²) in [7, 11) is 1.33. The number of hydrazone groups is 1. The lowest BCUT2D eigenvalue weighted by Crippen LogP contribution is -2.01. The van der Waals surface area contributed by atoms with Crippen LogP contribution in [0, 0.1) is 20.2 Å². The zero-order valence-electron chi connectivity index (χ0n) is 14.0. The van der Waals surface area contributed by atoms with Crippen molar-refractivity contribution in [3.05, 3.63) is 62.2 Å². The Labute approximate surface area is 148 Å². The van der Waals surface area contributed by atoms with Crippen LogP contribution in [0.15, 0.2) is 41.5 Å². The van der Waals surface area contributed by atoms with Crippen LogP contribution < -0.4 is 14.9 Å². The molecule has 2 aromatic rings. The van der Waals surface area contributed by atoms with Crippen molar-refractivity contribution < 1.29 is 19.3 Å². The highest BCUT2D eigenvalue weighted by Crippen LogP contribution is 2.37. The van der Waals surface area contributed by atoms with E-state index in [1.807, 2.05) is 0 Å². The van der Waals surface area contributed by atoms with Gasteiger partial charge >= 0.3 is 5.69 Å². The Bertz CT molecular complexity index is 835. The van der Waals surface area contributed by atoms with Gasteiger partial charge in [-0.1, -0.05) is 0 Å². The molecule has 1 N–H and O–H groups in total. The smallest absolute Gasteiger partial charge is 0.315 e. The van der Waals surface area contributed by atoms with Crippen molar-refractivity contribution in [3.63, 3.8) is 0 Å². The van der Waals surface area contributed by atoms with Crippen molar-refractivity contribution in [1.82, 2.24) is 0 Å². The Morgan fingerprint density at radius 2 is 1.85 bits per heavy atom. The van der Waals surface area contributed by atoms with Crippen LogP contribution in [0.4, 0.5) is 17.1 Å². The number of nitrogens with one attached hydrogen (secondary N) is 1. The standard InChI is InChI=1S/C16H16N4O6/c1-3-26-15-9-11(8-14(20(23)24)16(15)25-2)10-17-18-12-4-6-13(7-5-12)19(21)22/h4-10,18H,3H2,1-2H3/b17-10+. The summed E-state index contributed by atoms with van der Waals surface area (Å²) in [4.78, 5) is 20.8. The van der Waals surface area contributed by atoms with Crippen molar-refractivity contribution in [3.8, 4) is 11.5 Å². The van der Waals surface area contributed by atoms with E-state index in [-0.39, 0.29) is 22.9 Å². The van der Waals surface area contributed by atoms with E-state index in [0.717, 1.165) is 0 Å². The molecular weight excluding hydrogens is 344 g/mol. The lowest BCUT2D eigenvalue weighted by atomic mass is 10.2. The molecule has 0 bridgehead atoms. The first-order chi connectivity index (χ1) is 12.5. The fourth-order valence-electron chi connectivity index (χ4n) is 2.13. The summed E-state index contributed by atoms with van der Waals surface area (Å²) < 4.78 is 10.5. The van der Waals surface area contributed by atoms with Crippen LogP contribution in [-0.4, -0.2) is 29.8 Å². The van der Waals surface area contributed by atoms with Crippen molar-refractivity contribution in [2.75, 3.05) is 19.1 Å². The molecule has 0 saturated heterocycles. The maximum absolute atomic E-state index is 11.2. The Kier molecular flexibility index (Phi) is 6.04. The summed E-state index contributed by atoms with van der Waals surface area (Å²) in [5.41, 5.74) is 3.37. The van der Waals surface area contributed by atoms with Crippen molar-refractivity contribution in [1.29, 1.82) is 0 Å². The third kappa shape index (κ3) is 4.44. The number of nitro groups is 2. The molecule has 136 valence electrons. The maximum Gasteiger partial charge on any atom is 0.315 e. The van der Waals surface area contributed by atoms with Gasteiger partial charge in [-0.15, -0.1) is 0 Å². The van der Waals surface area contributed by atoms with Gasteiger partial charge in [0.1, 0.15) is 0 Å². The van der Waals surface area contributed by atoms with Crippen LogP contribution in [0.25, 0.3) is 0 Å². The summed E-state index contributed by atoms with van der Waals surface area (Å²) in [6.45, 7) is 2.07. The van der Waals surface area contributed by atoms with Crippen molar-refractivity contribution >= 4 is 23.3 Å². The molecule has 0 aliphatic rings. The van der Waals surface area contributed by atoms with E-state index in [1.165, 1.54) is 43.7 Å². The molecule has 0 radical (unpaired) electrons. The largest absolute Gasteiger partial charge is 0.490 e. The Morgan fingerprint density at radius 3 is 2.38 bits per heavy atom. The average Bonchev–Trinajstić information content (AvgIpc) is 2.62. The fourth-order valence-corrected chi connectivity index (χ4v) is 2.13. The van der Waals surface area contributed by atoms with Gasteiger partial charge in [-0.25, -0.2) is 0 Å². The quantitative estimate of drug-likeness (QED) is 0.434. The minimum atomic E-state index is -0.567. The van der Waals surface area contributed by atoms with E-state index in [0.29, 0.717) is 17.9 Å². The van der Waals surface area contributed by atoms with E-state index in [1.54, 1.807) is 13.0 Å². The molecule has 0 amide bonds. The average molecular weight is 360 g/mol. The topological polar surface area (TPSA) is 129 Å². The molecule has 26 heavy (non-hydrogen) atoms. The second-order valence-electron chi connectivity index (χ2n) is 4.94. The van der Waals surface area contributed by atoms with E-state index in [2.05, 4.69) is 10.5 Å². The molecule has 0 spiro atoms. The van der Waals surface area contributed by atoms with E-state index in [4.69, 9.17) is 9.47 Å². The molecule has 2 aromatic carbocycles. The molecule has 0 unspecified atom stereocenters. The zero-order chi connectivity index (χ0) is 19.1. The summed E-state index contributed by atoms with van der Waals surface area (Å²) in [6, 6.07) is 8.54. The molecule has 0 aliphatic carbocycles. The first kappa shape index (κ1) is 18.6. The Morgan fingerprint density at radius 1 is 1.15 bits per heavy atom. The van der Waals surface area contributed by atoms with Gasteiger partial charge in [-0.3, -0.25) is 25.7 Å². The number of hydrogen-bond donors (Lipinski definition) is 1. The van der Waals surface area contributed by atoms with Gasteiger partial charge in [-0.05, 0) is 25.1 Å². The second kappa shape index (κ2) is 8.42. The van der Waals surface area contributed by atoms with Crippen LogP contribution in [0.5, 0.6) is 11.5 Å².